The van der Waals surface area contributed by atoms with Gasteiger partial charge in [0.15, 0.2) is 0 Å². The van der Waals surface area contributed by atoms with E-state index in [-0.39, 0.29) is 11.9 Å². The number of ether oxygens (including phenoxy) is 1. The molecule has 2 aromatic rings. The number of amides is 1. The highest BCUT2D eigenvalue weighted by Crippen LogP contribution is 2.29. The van der Waals surface area contributed by atoms with Gasteiger partial charge in [-0.2, -0.15) is 5.26 Å². The first-order valence-corrected chi connectivity index (χ1v) is 7.11. The van der Waals surface area contributed by atoms with E-state index < -0.39 is 0 Å². The molecule has 1 unspecified atom stereocenters. The lowest BCUT2D eigenvalue weighted by Gasteiger charge is -2.14. The zero-order valence-electron chi connectivity index (χ0n) is 12.2. The Kier molecular flexibility index (Phi) is 3.79. The molecule has 1 aliphatic heterocycles. The number of carbonyl (C=O) groups excluding carboxylic acids is 1. The van der Waals surface area contributed by atoms with Crippen LogP contribution in [0.4, 0.5) is 5.82 Å². The molecule has 22 heavy (non-hydrogen) atoms. The molecule has 2 heterocycles. The second-order valence-corrected chi connectivity index (χ2v) is 5.23. The average Bonchev–Trinajstić information content (AvgIpc) is 2.96. The Hall–Kier alpha value is -2.81. The van der Waals surface area contributed by atoms with Gasteiger partial charge in [-0.15, -0.1) is 0 Å². The molecule has 0 aliphatic carbocycles. The summed E-state index contributed by atoms with van der Waals surface area (Å²) in [6.45, 7) is 0.625. The average molecular weight is 296 g/mol. The molecule has 0 spiro atoms. The molecule has 0 radical (unpaired) electrons. The van der Waals surface area contributed by atoms with Crippen LogP contribution in [-0.4, -0.2) is 30.6 Å². The number of hydrogen-bond acceptors (Lipinski definition) is 5. The summed E-state index contributed by atoms with van der Waals surface area (Å²) in [5.74, 6) is 1.35. The number of benzene rings is 1. The number of pyridine rings is 1. The van der Waals surface area contributed by atoms with Crippen LogP contribution in [0.15, 0.2) is 24.4 Å². The number of anilines is 1. The van der Waals surface area contributed by atoms with Crippen molar-refractivity contribution in [2.24, 2.45) is 0 Å². The number of carbonyl (C=O) groups is 1. The van der Waals surface area contributed by atoms with Crippen molar-refractivity contribution in [1.29, 1.82) is 5.26 Å². The Balaban J connectivity index is 1.89. The van der Waals surface area contributed by atoms with Crippen molar-refractivity contribution in [2.45, 2.75) is 18.9 Å². The lowest BCUT2D eigenvalue weighted by molar-refractivity contribution is -0.119. The van der Waals surface area contributed by atoms with Crippen molar-refractivity contribution < 1.29 is 9.53 Å². The predicted molar refractivity (Wildman–Crippen MR) is 82.7 cm³/mol. The molecule has 3 rings (SSSR count). The highest BCUT2D eigenvalue weighted by atomic mass is 16.5. The van der Waals surface area contributed by atoms with Crippen LogP contribution >= 0.6 is 0 Å². The molecule has 0 saturated carbocycles. The predicted octanol–water partition coefficient (Wildman–Crippen LogP) is 1.81. The molecule has 1 aliphatic rings. The third kappa shape index (κ3) is 2.66. The first kappa shape index (κ1) is 14.1. The van der Waals surface area contributed by atoms with E-state index in [4.69, 9.17) is 10.00 Å². The summed E-state index contributed by atoms with van der Waals surface area (Å²) in [7, 11) is 1.54. The van der Waals surface area contributed by atoms with E-state index in [9.17, 15) is 4.79 Å². The van der Waals surface area contributed by atoms with Gasteiger partial charge in [-0.1, -0.05) is 0 Å². The SMILES string of the molecule is COc1cc2c(NCC3CCC(=O)N3)nccc2cc1C#N. The van der Waals surface area contributed by atoms with Crippen molar-refractivity contribution in [3.8, 4) is 11.8 Å². The van der Waals surface area contributed by atoms with Gasteiger partial charge >= 0.3 is 0 Å². The molecule has 0 bridgehead atoms. The van der Waals surface area contributed by atoms with E-state index in [1.165, 1.54) is 0 Å². The quantitative estimate of drug-likeness (QED) is 0.898. The van der Waals surface area contributed by atoms with Gasteiger partial charge in [0.2, 0.25) is 5.91 Å². The summed E-state index contributed by atoms with van der Waals surface area (Å²) in [6.07, 6.45) is 3.11. The maximum atomic E-state index is 11.2. The third-order valence-corrected chi connectivity index (χ3v) is 3.81. The first-order valence-electron chi connectivity index (χ1n) is 7.11. The zero-order valence-corrected chi connectivity index (χ0v) is 12.2. The van der Waals surface area contributed by atoms with Gasteiger partial charge < -0.3 is 15.4 Å². The topological polar surface area (TPSA) is 87.0 Å². The summed E-state index contributed by atoms with van der Waals surface area (Å²) in [4.78, 5) is 15.6. The van der Waals surface area contributed by atoms with Crippen LogP contribution in [-0.2, 0) is 4.79 Å². The van der Waals surface area contributed by atoms with E-state index >= 15 is 0 Å². The molecule has 6 nitrogen and oxygen atoms in total. The van der Waals surface area contributed by atoms with Crippen molar-refractivity contribution >= 4 is 22.5 Å². The third-order valence-electron chi connectivity index (χ3n) is 3.81. The van der Waals surface area contributed by atoms with Gasteiger partial charge in [0.1, 0.15) is 17.6 Å². The van der Waals surface area contributed by atoms with Crippen LogP contribution in [0.1, 0.15) is 18.4 Å². The number of hydrogen-bond donors (Lipinski definition) is 2. The molecule has 1 saturated heterocycles. The summed E-state index contributed by atoms with van der Waals surface area (Å²) < 4.78 is 5.26. The van der Waals surface area contributed by atoms with Crippen LogP contribution in [0.2, 0.25) is 0 Å². The van der Waals surface area contributed by atoms with Gasteiger partial charge in [0.25, 0.3) is 0 Å². The van der Waals surface area contributed by atoms with E-state index in [2.05, 4.69) is 21.7 Å². The maximum absolute atomic E-state index is 11.2. The summed E-state index contributed by atoms with van der Waals surface area (Å²) >= 11 is 0. The molecule has 1 aromatic heterocycles. The summed E-state index contributed by atoms with van der Waals surface area (Å²) in [5.41, 5.74) is 0.496. The van der Waals surface area contributed by atoms with Crippen LogP contribution < -0.4 is 15.4 Å². The first-order chi connectivity index (χ1) is 10.7. The van der Waals surface area contributed by atoms with Crippen molar-refractivity contribution in [1.82, 2.24) is 10.3 Å². The Morgan fingerprint density at radius 3 is 3.09 bits per heavy atom. The van der Waals surface area contributed by atoms with Crippen molar-refractivity contribution in [3.05, 3.63) is 30.0 Å². The summed E-state index contributed by atoms with van der Waals surface area (Å²) in [6, 6.07) is 7.72. The Morgan fingerprint density at radius 2 is 2.41 bits per heavy atom. The number of rotatable bonds is 4. The van der Waals surface area contributed by atoms with Crippen LogP contribution in [0.5, 0.6) is 5.75 Å². The Bertz CT molecular complexity index is 767. The van der Waals surface area contributed by atoms with Gasteiger partial charge in [-0.05, 0) is 30.0 Å². The second kappa shape index (κ2) is 5.90. The number of aromatic nitrogens is 1. The maximum Gasteiger partial charge on any atom is 0.220 e. The highest BCUT2D eigenvalue weighted by Gasteiger charge is 2.20. The molecular formula is C16H16N4O2. The fourth-order valence-corrected chi connectivity index (χ4v) is 2.65. The van der Waals surface area contributed by atoms with E-state index in [0.717, 1.165) is 23.0 Å². The molecule has 1 atom stereocenters. The van der Waals surface area contributed by atoms with Crippen LogP contribution in [0, 0.1) is 11.3 Å². The van der Waals surface area contributed by atoms with E-state index in [1.54, 1.807) is 19.4 Å². The fourth-order valence-electron chi connectivity index (χ4n) is 2.65. The Labute approximate surface area is 128 Å². The molecule has 1 aromatic carbocycles. The molecular weight excluding hydrogens is 280 g/mol. The molecule has 6 heteroatoms. The minimum atomic E-state index is 0.0954. The number of nitriles is 1. The number of nitrogens with one attached hydrogen (secondary N) is 2. The second-order valence-electron chi connectivity index (χ2n) is 5.23. The monoisotopic (exact) mass is 296 g/mol. The van der Waals surface area contributed by atoms with Crippen LogP contribution in [0.3, 0.4) is 0 Å². The standard InChI is InChI=1S/C16H16N4O2/c1-22-14-7-13-10(6-11(14)8-17)4-5-18-16(13)19-9-12-2-3-15(21)20-12/h4-7,12H,2-3,9H2,1H3,(H,18,19)(H,20,21). The fraction of sp³-hybridized carbons (Fsp3) is 0.312. The van der Waals surface area contributed by atoms with E-state index in [0.29, 0.717) is 24.3 Å². The minimum absolute atomic E-state index is 0.0954. The number of fused-ring (bicyclic) bond motifs is 1. The largest absolute Gasteiger partial charge is 0.495 e. The lowest BCUT2D eigenvalue weighted by Crippen LogP contribution is -2.32. The van der Waals surface area contributed by atoms with Gasteiger partial charge in [-0.25, -0.2) is 4.98 Å². The molecule has 1 fully saturated rings. The molecule has 1 amide bonds. The van der Waals surface area contributed by atoms with Gasteiger partial charge in [0, 0.05) is 30.6 Å². The minimum Gasteiger partial charge on any atom is -0.495 e. The zero-order chi connectivity index (χ0) is 15.5. The lowest BCUT2D eigenvalue weighted by atomic mass is 10.1. The van der Waals surface area contributed by atoms with Crippen molar-refractivity contribution in [2.75, 3.05) is 19.0 Å². The number of methoxy groups -OCH3 is 1. The smallest absolute Gasteiger partial charge is 0.220 e. The molecule has 2 N–H and O–H groups in total. The van der Waals surface area contributed by atoms with Gasteiger partial charge in [0.05, 0.1) is 12.7 Å². The van der Waals surface area contributed by atoms with Crippen molar-refractivity contribution in [3.63, 3.8) is 0 Å². The highest BCUT2D eigenvalue weighted by molar-refractivity contribution is 5.94. The Morgan fingerprint density at radius 1 is 1.55 bits per heavy atom. The van der Waals surface area contributed by atoms with Gasteiger partial charge in [-0.3, -0.25) is 4.79 Å². The molecule has 112 valence electrons. The van der Waals surface area contributed by atoms with Crippen LogP contribution in [0.25, 0.3) is 10.8 Å². The number of nitrogens with zero attached hydrogens (tertiary/aromatic N) is 2. The summed E-state index contributed by atoms with van der Waals surface area (Å²) in [5, 5.41) is 17.2. The normalized spacial score (nSPS) is 17.1. The van der Waals surface area contributed by atoms with E-state index in [1.807, 2.05) is 12.1 Å².